The average Bonchev–Trinajstić information content (AvgIpc) is 2.38. The first-order valence-corrected chi connectivity index (χ1v) is 6.81. The molecule has 0 spiro atoms. The first kappa shape index (κ1) is 15.0. The summed E-state index contributed by atoms with van der Waals surface area (Å²) in [6.07, 6.45) is 0.162. The lowest BCUT2D eigenvalue weighted by Crippen LogP contribution is -2.14. The second kappa shape index (κ2) is 6.35. The number of carbonyl (C=O) groups excluding carboxylic acids is 1. The number of phenolic OH excluding ortho intramolecular Hbond substituents is 1. The first-order valence-electron chi connectivity index (χ1n) is 5.68. The van der Waals surface area contributed by atoms with Gasteiger partial charge in [0.2, 0.25) is 5.91 Å². The summed E-state index contributed by atoms with van der Waals surface area (Å²) in [4.78, 5) is 11.9. The molecule has 2 rings (SSSR count). The molecule has 0 radical (unpaired) electrons. The summed E-state index contributed by atoms with van der Waals surface area (Å²) >= 11 is 17.5. The van der Waals surface area contributed by atoms with Crippen molar-refractivity contribution in [3.63, 3.8) is 0 Å². The van der Waals surface area contributed by atoms with Crippen LogP contribution in [0.3, 0.4) is 0 Å². The van der Waals surface area contributed by atoms with E-state index in [1.165, 1.54) is 12.1 Å². The minimum atomic E-state index is -0.217. The van der Waals surface area contributed by atoms with Crippen molar-refractivity contribution in [2.75, 3.05) is 5.32 Å². The highest BCUT2D eigenvalue weighted by Gasteiger charge is 2.07. The molecule has 0 aliphatic carbocycles. The van der Waals surface area contributed by atoms with Crippen LogP contribution in [0.25, 0.3) is 0 Å². The molecular weight excluding hydrogens is 321 g/mol. The van der Waals surface area contributed by atoms with Gasteiger partial charge in [-0.15, -0.1) is 0 Å². The van der Waals surface area contributed by atoms with E-state index in [0.29, 0.717) is 15.7 Å². The zero-order valence-corrected chi connectivity index (χ0v) is 12.4. The molecule has 0 atom stereocenters. The number of aromatic hydroxyl groups is 1. The Morgan fingerprint density at radius 1 is 1.00 bits per heavy atom. The number of anilines is 1. The second-order valence-corrected chi connectivity index (χ2v) is 5.36. The lowest BCUT2D eigenvalue weighted by atomic mass is 10.1. The van der Waals surface area contributed by atoms with Gasteiger partial charge in [0.25, 0.3) is 0 Å². The number of halogens is 3. The number of amides is 1. The van der Waals surface area contributed by atoms with Crippen molar-refractivity contribution in [3.8, 4) is 5.75 Å². The fraction of sp³-hybridized carbons (Fsp3) is 0.0714. The Balaban J connectivity index is 2.04. The van der Waals surface area contributed by atoms with Crippen LogP contribution in [0.5, 0.6) is 5.75 Å². The van der Waals surface area contributed by atoms with E-state index in [-0.39, 0.29) is 23.1 Å². The van der Waals surface area contributed by atoms with Crippen LogP contribution < -0.4 is 5.32 Å². The summed E-state index contributed by atoms with van der Waals surface area (Å²) in [6.45, 7) is 0. The van der Waals surface area contributed by atoms with Crippen LogP contribution in [-0.4, -0.2) is 11.0 Å². The van der Waals surface area contributed by atoms with E-state index in [4.69, 9.17) is 34.8 Å². The van der Waals surface area contributed by atoms with Crippen LogP contribution in [0.1, 0.15) is 5.56 Å². The lowest BCUT2D eigenvalue weighted by molar-refractivity contribution is -0.115. The van der Waals surface area contributed by atoms with Gasteiger partial charge in [-0.05, 0) is 35.9 Å². The fourth-order valence-corrected chi connectivity index (χ4v) is 2.13. The van der Waals surface area contributed by atoms with E-state index in [0.717, 1.165) is 5.56 Å². The molecule has 0 saturated heterocycles. The molecule has 0 aliphatic heterocycles. The molecule has 6 heteroatoms. The van der Waals surface area contributed by atoms with Gasteiger partial charge in [0.15, 0.2) is 0 Å². The molecule has 20 heavy (non-hydrogen) atoms. The minimum absolute atomic E-state index is 0.0332. The molecule has 0 bridgehead atoms. The van der Waals surface area contributed by atoms with Crippen molar-refractivity contribution in [3.05, 3.63) is 57.0 Å². The molecule has 0 aliphatic rings. The lowest BCUT2D eigenvalue weighted by Gasteiger charge is -2.07. The van der Waals surface area contributed by atoms with Gasteiger partial charge in [-0.25, -0.2) is 0 Å². The first-order chi connectivity index (χ1) is 9.45. The maximum absolute atomic E-state index is 11.9. The monoisotopic (exact) mass is 329 g/mol. The van der Waals surface area contributed by atoms with E-state index in [1.54, 1.807) is 24.3 Å². The number of hydrogen-bond acceptors (Lipinski definition) is 2. The number of benzene rings is 2. The second-order valence-electron chi connectivity index (χ2n) is 4.14. The molecule has 2 N–H and O–H groups in total. The Morgan fingerprint density at radius 3 is 2.40 bits per heavy atom. The fourth-order valence-electron chi connectivity index (χ4n) is 1.62. The molecule has 0 heterocycles. The maximum Gasteiger partial charge on any atom is 0.228 e. The Kier molecular flexibility index (Phi) is 4.76. The molecule has 1 amide bonds. The number of hydrogen-bond donors (Lipinski definition) is 2. The third kappa shape index (κ3) is 3.79. The normalized spacial score (nSPS) is 10.3. The molecule has 0 unspecified atom stereocenters. The Hall–Kier alpha value is -1.42. The molecule has 3 nitrogen and oxygen atoms in total. The SMILES string of the molecule is O=C(Cc1ccc(Cl)c(Cl)c1)Nc1ccc(O)c(Cl)c1. The third-order valence-corrected chi connectivity index (χ3v) is 3.62. The topological polar surface area (TPSA) is 49.3 Å². The Bertz CT molecular complexity index is 603. The summed E-state index contributed by atoms with van der Waals surface area (Å²) in [7, 11) is 0. The van der Waals surface area contributed by atoms with E-state index in [9.17, 15) is 9.90 Å². The van der Waals surface area contributed by atoms with Gasteiger partial charge in [0, 0.05) is 5.69 Å². The van der Waals surface area contributed by atoms with Crippen LogP contribution >= 0.6 is 34.8 Å². The predicted molar refractivity (Wildman–Crippen MR) is 81.9 cm³/mol. The Labute approximate surface area is 131 Å². The van der Waals surface area contributed by atoms with Gasteiger partial charge in [0.1, 0.15) is 5.75 Å². The highest BCUT2D eigenvalue weighted by molar-refractivity contribution is 6.42. The molecule has 0 aromatic heterocycles. The highest BCUT2D eigenvalue weighted by Crippen LogP contribution is 2.26. The molecule has 2 aromatic rings. The van der Waals surface area contributed by atoms with Gasteiger partial charge in [-0.2, -0.15) is 0 Å². The average molecular weight is 331 g/mol. The van der Waals surface area contributed by atoms with Crippen LogP contribution in [0.4, 0.5) is 5.69 Å². The number of nitrogens with one attached hydrogen (secondary N) is 1. The summed E-state index contributed by atoms with van der Waals surface area (Å²) < 4.78 is 0. The molecule has 2 aromatic carbocycles. The zero-order valence-electron chi connectivity index (χ0n) is 10.2. The Morgan fingerprint density at radius 2 is 1.75 bits per heavy atom. The number of carbonyl (C=O) groups is 1. The summed E-state index contributed by atoms with van der Waals surface area (Å²) in [5.41, 5.74) is 1.26. The van der Waals surface area contributed by atoms with Crippen molar-refractivity contribution >= 4 is 46.4 Å². The number of phenols is 1. The van der Waals surface area contributed by atoms with Crippen molar-refractivity contribution in [2.24, 2.45) is 0 Å². The van der Waals surface area contributed by atoms with Gasteiger partial charge >= 0.3 is 0 Å². The van der Waals surface area contributed by atoms with Crippen molar-refractivity contribution in [2.45, 2.75) is 6.42 Å². The summed E-state index contributed by atoms with van der Waals surface area (Å²) in [5.74, 6) is -0.251. The summed E-state index contributed by atoms with van der Waals surface area (Å²) in [6, 6.07) is 9.48. The number of rotatable bonds is 3. The van der Waals surface area contributed by atoms with Gasteiger partial charge in [-0.1, -0.05) is 40.9 Å². The zero-order chi connectivity index (χ0) is 14.7. The third-order valence-electron chi connectivity index (χ3n) is 2.58. The standard InChI is InChI=1S/C14H10Cl3NO2/c15-10-3-1-8(5-11(10)16)6-14(20)18-9-2-4-13(19)12(17)7-9/h1-5,7,19H,6H2,(H,18,20). The van der Waals surface area contributed by atoms with Crippen molar-refractivity contribution in [1.29, 1.82) is 0 Å². The minimum Gasteiger partial charge on any atom is -0.506 e. The van der Waals surface area contributed by atoms with Gasteiger partial charge < -0.3 is 10.4 Å². The predicted octanol–water partition coefficient (Wildman–Crippen LogP) is 4.53. The van der Waals surface area contributed by atoms with Gasteiger partial charge in [0.05, 0.1) is 21.5 Å². The van der Waals surface area contributed by atoms with E-state index in [1.807, 2.05) is 0 Å². The smallest absolute Gasteiger partial charge is 0.228 e. The largest absolute Gasteiger partial charge is 0.506 e. The molecule has 0 saturated carbocycles. The quantitative estimate of drug-likeness (QED) is 0.812. The van der Waals surface area contributed by atoms with Gasteiger partial charge in [-0.3, -0.25) is 4.79 Å². The van der Waals surface area contributed by atoms with Crippen LogP contribution in [-0.2, 0) is 11.2 Å². The van der Waals surface area contributed by atoms with Crippen molar-refractivity contribution in [1.82, 2.24) is 0 Å². The molecule has 0 fully saturated rings. The van der Waals surface area contributed by atoms with E-state index < -0.39 is 0 Å². The molecular formula is C14H10Cl3NO2. The maximum atomic E-state index is 11.9. The van der Waals surface area contributed by atoms with E-state index in [2.05, 4.69) is 5.32 Å². The van der Waals surface area contributed by atoms with Crippen LogP contribution in [0.2, 0.25) is 15.1 Å². The van der Waals surface area contributed by atoms with Crippen LogP contribution in [0, 0.1) is 0 Å². The van der Waals surface area contributed by atoms with Crippen LogP contribution in [0.15, 0.2) is 36.4 Å². The highest BCUT2D eigenvalue weighted by atomic mass is 35.5. The van der Waals surface area contributed by atoms with Crippen molar-refractivity contribution < 1.29 is 9.90 Å². The van der Waals surface area contributed by atoms with E-state index >= 15 is 0 Å². The summed E-state index contributed by atoms with van der Waals surface area (Å²) in [5, 5.41) is 13.0. The molecule has 104 valence electrons.